The average molecular weight is 494 g/mol. The highest BCUT2D eigenvalue weighted by Gasteiger charge is 2.29. The minimum absolute atomic E-state index is 0.000794. The van der Waals surface area contributed by atoms with E-state index in [-0.39, 0.29) is 22.1 Å². The summed E-state index contributed by atoms with van der Waals surface area (Å²) < 4.78 is 50.2. The smallest absolute Gasteiger partial charge is 0.422 e. The standard InChI is InChI=1S/C24H23ClF3N3O3/c1-30-20(12-29-23(30)13-31-8-2-3-9-31)16-4-6-18(7-5-16)34-22-11-17(25)10-21(19(22)14-32)33-15-24(26,27)28/h4-7,10-12,14H,2-3,8-9,13,15H2,1H3. The molecule has 1 aliphatic heterocycles. The molecule has 0 spiro atoms. The van der Waals surface area contributed by atoms with Crippen molar-refractivity contribution in [2.45, 2.75) is 25.6 Å². The van der Waals surface area contributed by atoms with Crippen molar-refractivity contribution in [3.8, 4) is 28.5 Å². The normalized spacial score (nSPS) is 14.4. The van der Waals surface area contributed by atoms with Crippen LogP contribution in [0.15, 0.2) is 42.6 Å². The Morgan fingerprint density at radius 2 is 1.79 bits per heavy atom. The van der Waals surface area contributed by atoms with E-state index in [1.807, 2.05) is 25.4 Å². The van der Waals surface area contributed by atoms with Crippen LogP contribution in [0.25, 0.3) is 11.3 Å². The summed E-state index contributed by atoms with van der Waals surface area (Å²) in [7, 11) is 1.98. The zero-order valence-electron chi connectivity index (χ0n) is 18.4. The summed E-state index contributed by atoms with van der Waals surface area (Å²) in [6.45, 7) is 1.43. The van der Waals surface area contributed by atoms with Gasteiger partial charge in [-0.3, -0.25) is 9.69 Å². The molecular formula is C24H23ClF3N3O3. The molecule has 1 saturated heterocycles. The van der Waals surface area contributed by atoms with Crippen LogP contribution in [0.3, 0.4) is 0 Å². The molecule has 1 aromatic heterocycles. The topological polar surface area (TPSA) is 56.6 Å². The third-order valence-corrected chi connectivity index (χ3v) is 5.82. The number of rotatable bonds is 8. The summed E-state index contributed by atoms with van der Waals surface area (Å²) in [5.74, 6) is 1.07. The Labute approximate surface area is 199 Å². The van der Waals surface area contributed by atoms with E-state index in [0.29, 0.717) is 12.0 Å². The zero-order valence-corrected chi connectivity index (χ0v) is 19.2. The van der Waals surface area contributed by atoms with Gasteiger partial charge in [0.25, 0.3) is 0 Å². The predicted molar refractivity (Wildman–Crippen MR) is 122 cm³/mol. The molecule has 180 valence electrons. The molecule has 3 aromatic rings. The van der Waals surface area contributed by atoms with Gasteiger partial charge in [-0.2, -0.15) is 13.2 Å². The summed E-state index contributed by atoms with van der Waals surface area (Å²) >= 11 is 6.01. The minimum atomic E-state index is -4.56. The van der Waals surface area contributed by atoms with Crippen molar-refractivity contribution in [3.63, 3.8) is 0 Å². The first-order valence-electron chi connectivity index (χ1n) is 10.7. The maximum absolute atomic E-state index is 12.5. The number of aldehydes is 1. The molecule has 2 heterocycles. The van der Waals surface area contributed by atoms with Crippen LogP contribution in [0.5, 0.6) is 17.2 Å². The maximum Gasteiger partial charge on any atom is 0.422 e. The molecule has 4 rings (SSSR count). The molecule has 0 saturated carbocycles. The van der Waals surface area contributed by atoms with Gasteiger partial charge in [0.1, 0.15) is 23.1 Å². The molecule has 34 heavy (non-hydrogen) atoms. The fourth-order valence-electron chi connectivity index (χ4n) is 3.87. The van der Waals surface area contributed by atoms with Gasteiger partial charge in [0.2, 0.25) is 0 Å². The summed E-state index contributed by atoms with van der Waals surface area (Å²) in [4.78, 5) is 18.5. The molecule has 0 aliphatic carbocycles. The lowest BCUT2D eigenvalue weighted by Crippen LogP contribution is -2.20. The van der Waals surface area contributed by atoms with Crippen LogP contribution < -0.4 is 9.47 Å². The summed E-state index contributed by atoms with van der Waals surface area (Å²) in [5, 5.41) is 0.0785. The van der Waals surface area contributed by atoms with Crippen LogP contribution in [-0.2, 0) is 13.6 Å². The quantitative estimate of drug-likeness (QED) is 0.367. The number of ether oxygens (including phenoxy) is 2. The molecule has 0 unspecified atom stereocenters. The number of alkyl halides is 3. The van der Waals surface area contributed by atoms with Crippen LogP contribution in [-0.4, -0.2) is 46.6 Å². The van der Waals surface area contributed by atoms with Crippen molar-refractivity contribution in [2.75, 3.05) is 19.7 Å². The first-order valence-corrected chi connectivity index (χ1v) is 11.1. The number of likely N-dealkylation sites (tertiary alicyclic amines) is 1. The van der Waals surface area contributed by atoms with E-state index in [9.17, 15) is 18.0 Å². The second-order valence-corrected chi connectivity index (χ2v) is 8.50. The first kappa shape index (κ1) is 24.1. The van der Waals surface area contributed by atoms with Gasteiger partial charge in [-0.1, -0.05) is 11.6 Å². The van der Waals surface area contributed by atoms with Crippen LogP contribution >= 0.6 is 11.6 Å². The molecular weight excluding hydrogens is 471 g/mol. The highest BCUT2D eigenvalue weighted by Crippen LogP contribution is 2.36. The number of imidazole rings is 1. The van der Waals surface area contributed by atoms with Gasteiger partial charge in [0, 0.05) is 23.7 Å². The van der Waals surface area contributed by atoms with E-state index in [0.717, 1.165) is 42.8 Å². The number of hydrogen-bond acceptors (Lipinski definition) is 5. The summed E-state index contributed by atoms with van der Waals surface area (Å²) in [5.41, 5.74) is 1.71. The van der Waals surface area contributed by atoms with Gasteiger partial charge in [-0.15, -0.1) is 0 Å². The van der Waals surface area contributed by atoms with E-state index in [1.165, 1.54) is 18.9 Å². The van der Waals surface area contributed by atoms with E-state index in [4.69, 9.17) is 21.1 Å². The highest BCUT2D eigenvalue weighted by molar-refractivity contribution is 6.31. The number of hydrogen-bond donors (Lipinski definition) is 0. The Hall–Kier alpha value is -3.04. The fraction of sp³-hybridized carbons (Fsp3) is 0.333. The third-order valence-electron chi connectivity index (χ3n) is 5.60. The molecule has 0 radical (unpaired) electrons. The predicted octanol–water partition coefficient (Wildman–Crippen LogP) is 5.88. The first-order chi connectivity index (χ1) is 16.2. The third kappa shape index (κ3) is 5.71. The lowest BCUT2D eigenvalue weighted by atomic mass is 10.1. The summed E-state index contributed by atoms with van der Waals surface area (Å²) in [6, 6.07) is 9.60. The van der Waals surface area contributed by atoms with Crippen molar-refractivity contribution >= 4 is 17.9 Å². The largest absolute Gasteiger partial charge is 0.483 e. The lowest BCUT2D eigenvalue weighted by molar-refractivity contribution is -0.153. The van der Waals surface area contributed by atoms with Gasteiger partial charge < -0.3 is 14.0 Å². The number of halogens is 4. The van der Waals surface area contributed by atoms with Crippen LogP contribution in [0.2, 0.25) is 5.02 Å². The van der Waals surface area contributed by atoms with E-state index < -0.39 is 12.8 Å². The molecule has 0 bridgehead atoms. The Morgan fingerprint density at radius 3 is 2.44 bits per heavy atom. The maximum atomic E-state index is 12.5. The van der Waals surface area contributed by atoms with E-state index >= 15 is 0 Å². The molecule has 0 N–H and O–H groups in total. The minimum Gasteiger partial charge on any atom is -0.483 e. The molecule has 10 heteroatoms. The van der Waals surface area contributed by atoms with Crippen molar-refractivity contribution in [2.24, 2.45) is 7.05 Å². The van der Waals surface area contributed by atoms with E-state index in [1.54, 1.807) is 12.1 Å². The van der Waals surface area contributed by atoms with Gasteiger partial charge in [-0.25, -0.2) is 4.98 Å². The van der Waals surface area contributed by atoms with Crippen molar-refractivity contribution < 1.29 is 27.4 Å². The number of carbonyl (C=O) groups excluding carboxylic acids is 1. The number of nitrogens with zero attached hydrogens (tertiary/aromatic N) is 3. The average Bonchev–Trinajstić information content (AvgIpc) is 3.43. The second-order valence-electron chi connectivity index (χ2n) is 8.07. The Kier molecular flexibility index (Phi) is 7.13. The van der Waals surface area contributed by atoms with Gasteiger partial charge in [0.05, 0.1) is 24.0 Å². The monoisotopic (exact) mass is 493 g/mol. The number of carbonyl (C=O) groups is 1. The fourth-order valence-corrected chi connectivity index (χ4v) is 4.07. The Balaban J connectivity index is 1.51. The van der Waals surface area contributed by atoms with Gasteiger partial charge >= 0.3 is 6.18 Å². The van der Waals surface area contributed by atoms with Gasteiger partial charge in [-0.05, 0) is 56.3 Å². The summed E-state index contributed by atoms with van der Waals surface area (Å²) in [6.07, 6.45) is 0.0794. The Bertz CT molecular complexity index is 1160. The van der Waals surface area contributed by atoms with Crippen LogP contribution in [0.1, 0.15) is 29.0 Å². The molecule has 2 aromatic carbocycles. The SMILES string of the molecule is Cn1c(-c2ccc(Oc3cc(Cl)cc(OCC(F)(F)F)c3C=O)cc2)cnc1CN1CCCC1. The number of benzene rings is 2. The second kappa shape index (κ2) is 10.1. The van der Waals surface area contributed by atoms with Crippen molar-refractivity contribution in [3.05, 3.63) is 59.0 Å². The zero-order chi connectivity index (χ0) is 24.3. The van der Waals surface area contributed by atoms with Crippen LogP contribution in [0, 0.1) is 0 Å². The van der Waals surface area contributed by atoms with Gasteiger partial charge in [0.15, 0.2) is 12.9 Å². The number of aromatic nitrogens is 2. The molecule has 6 nitrogen and oxygen atoms in total. The Morgan fingerprint density at radius 1 is 1.12 bits per heavy atom. The van der Waals surface area contributed by atoms with Crippen molar-refractivity contribution in [1.29, 1.82) is 0 Å². The molecule has 1 fully saturated rings. The molecule has 0 amide bonds. The lowest BCUT2D eigenvalue weighted by Gasteiger charge is -2.15. The highest BCUT2D eigenvalue weighted by atomic mass is 35.5. The van der Waals surface area contributed by atoms with E-state index in [2.05, 4.69) is 14.5 Å². The van der Waals surface area contributed by atoms with Crippen LogP contribution in [0.4, 0.5) is 13.2 Å². The molecule has 1 aliphatic rings. The van der Waals surface area contributed by atoms with Crippen molar-refractivity contribution in [1.82, 2.24) is 14.5 Å². The molecule has 0 atom stereocenters.